The third-order valence-electron chi connectivity index (χ3n) is 2.91. The fourth-order valence-corrected chi connectivity index (χ4v) is 2.88. The summed E-state index contributed by atoms with van der Waals surface area (Å²) < 4.78 is 0.731. The Morgan fingerprint density at radius 1 is 1.53 bits per heavy atom. The number of rotatable bonds is 1. The summed E-state index contributed by atoms with van der Waals surface area (Å²) in [5.41, 5.74) is 6.52. The number of hydrogen-bond acceptors (Lipinski definition) is 2. The van der Waals surface area contributed by atoms with Gasteiger partial charge in [-0.25, -0.2) is 0 Å². The minimum Gasteiger partial charge on any atom is -0.337 e. The molecule has 5 heteroatoms. The first-order chi connectivity index (χ1) is 8.08. The summed E-state index contributed by atoms with van der Waals surface area (Å²) in [6.07, 6.45) is 1.96. The van der Waals surface area contributed by atoms with Crippen LogP contribution in [0.2, 0.25) is 5.02 Å². The van der Waals surface area contributed by atoms with E-state index in [1.54, 1.807) is 18.2 Å². The molecule has 1 aromatic rings. The fourth-order valence-electron chi connectivity index (χ4n) is 2.03. The third-order valence-corrected chi connectivity index (χ3v) is 3.80. The molecule has 1 fully saturated rings. The van der Waals surface area contributed by atoms with E-state index < -0.39 is 0 Å². The van der Waals surface area contributed by atoms with Gasteiger partial charge in [0.1, 0.15) is 0 Å². The average molecular weight is 318 g/mol. The molecular formula is C12H14BrClN2O. The zero-order chi connectivity index (χ0) is 12.4. The summed E-state index contributed by atoms with van der Waals surface area (Å²) in [6, 6.07) is 5.30. The molecule has 0 spiro atoms. The number of carbonyl (C=O) groups excluding carboxylic acids is 1. The molecule has 92 valence electrons. The summed E-state index contributed by atoms with van der Waals surface area (Å²) in [5.74, 6) is 0.0173. The van der Waals surface area contributed by atoms with Crippen LogP contribution in [0.5, 0.6) is 0 Å². The second-order valence-corrected chi connectivity index (χ2v) is 5.57. The van der Waals surface area contributed by atoms with Gasteiger partial charge < -0.3 is 10.6 Å². The molecule has 2 rings (SSSR count). The highest BCUT2D eigenvalue weighted by Gasteiger charge is 2.23. The first-order valence-corrected chi connectivity index (χ1v) is 6.75. The van der Waals surface area contributed by atoms with Crippen LogP contribution in [0, 0.1) is 0 Å². The maximum absolute atomic E-state index is 12.3. The molecular weight excluding hydrogens is 304 g/mol. The number of likely N-dealkylation sites (tertiary alicyclic amines) is 1. The highest BCUT2D eigenvalue weighted by molar-refractivity contribution is 9.10. The van der Waals surface area contributed by atoms with Gasteiger partial charge in [0.15, 0.2) is 0 Å². The third kappa shape index (κ3) is 3.00. The van der Waals surface area contributed by atoms with Crippen LogP contribution >= 0.6 is 27.5 Å². The molecule has 1 atom stereocenters. The lowest BCUT2D eigenvalue weighted by atomic mass is 10.1. The molecule has 3 nitrogen and oxygen atoms in total. The van der Waals surface area contributed by atoms with Gasteiger partial charge in [0, 0.05) is 28.6 Å². The molecule has 0 aromatic heterocycles. The summed E-state index contributed by atoms with van der Waals surface area (Å²) in [4.78, 5) is 14.1. The molecule has 17 heavy (non-hydrogen) atoms. The van der Waals surface area contributed by atoms with Crippen molar-refractivity contribution in [1.29, 1.82) is 0 Å². The van der Waals surface area contributed by atoms with Gasteiger partial charge in [0.2, 0.25) is 0 Å². The molecule has 0 radical (unpaired) electrons. The van der Waals surface area contributed by atoms with Crippen molar-refractivity contribution in [3.8, 4) is 0 Å². The lowest BCUT2D eigenvalue weighted by molar-refractivity contribution is 0.0708. The van der Waals surface area contributed by atoms with Crippen LogP contribution < -0.4 is 5.73 Å². The van der Waals surface area contributed by atoms with Crippen molar-refractivity contribution in [2.45, 2.75) is 18.9 Å². The Balaban J connectivity index is 2.18. The number of benzene rings is 1. The van der Waals surface area contributed by atoms with Gasteiger partial charge in [-0.3, -0.25) is 4.79 Å². The van der Waals surface area contributed by atoms with E-state index in [2.05, 4.69) is 15.9 Å². The van der Waals surface area contributed by atoms with Crippen LogP contribution in [0.1, 0.15) is 23.2 Å². The van der Waals surface area contributed by atoms with E-state index in [4.69, 9.17) is 17.3 Å². The van der Waals surface area contributed by atoms with Gasteiger partial charge in [-0.15, -0.1) is 0 Å². The lowest BCUT2D eigenvalue weighted by Gasteiger charge is -2.31. The van der Waals surface area contributed by atoms with E-state index >= 15 is 0 Å². The summed E-state index contributed by atoms with van der Waals surface area (Å²) >= 11 is 9.22. The van der Waals surface area contributed by atoms with Crippen molar-refractivity contribution in [2.24, 2.45) is 5.73 Å². The molecule has 1 unspecified atom stereocenters. The molecule has 1 heterocycles. The predicted molar refractivity (Wildman–Crippen MR) is 72.3 cm³/mol. The highest BCUT2D eigenvalue weighted by Crippen LogP contribution is 2.23. The van der Waals surface area contributed by atoms with Crippen molar-refractivity contribution in [2.75, 3.05) is 13.1 Å². The van der Waals surface area contributed by atoms with Crippen molar-refractivity contribution >= 4 is 33.4 Å². The monoisotopic (exact) mass is 316 g/mol. The number of halogens is 2. The van der Waals surface area contributed by atoms with Crippen molar-refractivity contribution in [3.05, 3.63) is 33.3 Å². The number of carbonyl (C=O) groups is 1. The van der Waals surface area contributed by atoms with E-state index in [-0.39, 0.29) is 11.9 Å². The number of amides is 1. The van der Waals surface area contributed by atoms with Crippen molar-refractivity contribution in [1.82, 2.24) is 4.90 Å². The fraction of sp³-hybridized carbons (Fsp3) is 0.417. The van der Waals surface area contributed by atoms with Gasteiger partial charge in [0.25, 0.3) is 5.91 Å². The van der Waals surface area contributed by atoms with E-state index in [1.165, 1.54) is 0 Å². The van der Waals surface area contributed by atoms with Gasteiger partial charge >= 0.3 is 0 Å². The Hall–Kier alpha value is -0.580. The SMILES string of the molecule is NC1CCCN(C(=O)c2ccc(Cl)cc2Br)C1. The largest absolute Gasteiger partial charge is 0.337 e. The zero-order valence-electron chi connectivity index (χ0n) is 9.33. The van der Waals surface area contributed by atoms with Gasteiger partial charge in [-0.2, -0.15) is 0 Å². The first kappa shape index (κ1) is 12.9. The minimum absolute atomic E-state index is 0.0173. The van der Waals surface area contributed by atoms with E-state index in [0.717, 1.165) is 23.9 Å². The molecule has 2 N–H and O–H groups in total. The van der Waals surface area contributed by atoms with Crippen LogP contribution in [-0.4, -0.2) is 29.9 Å². The molecule has 1 aliphatic rings. The topological polar surface area (TPSA) is 46.3 Å². The Kier molecular flexibility index (Phi) is 4.07. The quantitative estimate of drug-likeness (QED) is 0.865. The molecule has 1 aliphatic heterocycles. The van der Waals surface area contributed by atoms with Gasteiger partial charge in [0.05, 0.1) is 5.56 Å². The predicted octanol–water partition coefficient (Wildman–Crippen LogP) is 2.67. The molecule has 0 bridgehead atoms. The van der Waals surface area contributed by atoms with Crippen molar-refractivity contribution < 1.29 is 4.79 Å². The van der Waals surface area contributed by atoms with Crippen LogP contribution in [0.3, 0.4) is 0 Å². The number of nitrogens with zero attached hydrogens (tertiary/aromatic N) is 1. The Morgan fingerprint density at radius 2 is 2.29 bits per heavy atom. The van der Waals surface area contributed by atoms with Gasteiger partial charge in [-0.05, 0) is 47.0 Å². The highest BCUT2D eigenvalue weighted by atomic mass is 79.9. The second-order valence-electron chi connectivity index (χ2n) is 4.28. The molecule has 1 aromatic carbocycles. The smallest absolute Gasteiger partial charge is 0.255 e. The maximum atomic E-state index is 12.3. The van der Waals surface area contributed by atoms with Crippen LogP contribution in [-0.2, 0) is 0 Å². The van der Waals surface area contributed by atoms with Gasteiger partial charge in [-0.1, -0.05) is 11.6 Å². The standard InChI is InChI=1S/C12H14BrClN2O/c13-11-6-8(14)3-4-10(11)12(17)16-5-1-2-9(15)7-16/h3-4,6,9H,1-2,5,7,15H2. The molecule has 0 aliphatic carbocycles. The Labute approximate surface area is 114 Å². The summed E-state index contributed by atoms with van der Waals surface area (Å²) in [7, 11) is 0. The normalized spacial score (nSPS) is 20.4. The zero-order valence-corrected chi connectivity index (χ0v) is 11.7. The molecule has 1 saturated heterocycles. The average Bonchev–Trinajstić information content (AvgIpc) is 2.28. The second kappa shape index (κ2) is 5.38. The van der Waals surface area contributed by atoms with Crippen LogP contribution in [0.4, 0.5) is 0 Å². The van der Waals surface area contributed by atoms with E-state index in [1.807, 2.05) is 4.90 Å². The summed E-state index contributed by atoms with van der Waals surface area (Å²) in [6.45, 7) is 1.41. The minimum atomic E-state index is 0.0173. The Morgan fingerprint density at radius 3 is 2.94 bits per heavy atom. The van der Waals surface area contributed by atoms with Crippen LogP contribution in [0.25, 0.3) is 0 Å². The number of nitrogens with two attached hydrogens (primary N) is 1. The molecule has 0 saturated carbocycles. The van der Waals surface area contributed by atoms with E-state index in [0.29, 0.717) is 17.1 Å². The lowest BCUT2D eigenvalue weighted by Crippen LogP contribution is -2.45. The first-order valence-electron chi connectivity index (χ1n) is 5.58. The number of hydrogen-bond donors (Lipinski definition) is 1. The number of piperidine rings is 1. The molecule has 1 amide bonds. The maximum Gasteiger partial charge on any atom is 0.255 e. The van der Waals surface area contributed by atoms with Crippen LogP contribution in [0.15, 0.2) is 22.7 Å². The van der Waals surface area contributed by atoms with E-state index in [9.17, 15) is 4.79 Å². The Bertz CT molecular complexity index is 439. The summed E-state index contributed by atoms with van der Waals surface area (Å²) in [5, 5.41) is 0.615. The van der Waals surface area contributed by atoms with Crippen molar-refractivity contribution in [3.63, 3.8) is 0 Å².